The minimum absolute atomic E-state index is 0.140. The smallest absolute Gasteiger partial charge is 0.216 e. The van der Waals surface area contributed by atoms with E-state index in [0.29, 0.717) is 19.8 Å². The quantitative estimate of drug-likeness (QED) is 0.536. The van der Waals surface area contributed by atoms with Crippen LogP contribution in [0.1, 0.15) is 13.8 Å². The Morgan fingerprint density at radius 2 is 1.83 bits per heavy atom. The molecule has 0 aliphatic carbocycles. The Kier molecular flexibility index (Phi) is 2.08. The van der Waals surface area contributed by atoms with Gasteiger partial charge in [-0.15, -0.1) is 0 Å². The number of hydrogen-bond acceptors (Lipinski definition) is 4. The molecular weight excluding hydrogens is 160 g/mol. The van der Waals surface area contributed by atoms with E-state index in [2.05, 4.69) is 0 Å². The molecule has 12 heavy (non-hydrogen) atoms. The molecule has 2 saturated heterocycles. The average Bonchev–Trinajstić information content (AvgIpc) is 2.40. The van der Waals surface area contributed by atoms with E-state index in [1.807, 2.05) is 13.8 Å². The van der Waals surface area contributed by atoms with E-state index < -0.39 is 5.79 Å². The van der Waals surface area contributed by atoms with Gasteiger partial charge in [-0.3, -0.25) is 0 Å². The van der Waals surface area contributed by atoms with Crippen LogP contribution in [0.25, 0.3) is 0 Å². The fourth-order valence-electron chi connectivity index (χ4n) is 1.43. The minimum atomic E-state index is -0.619. The van der Waals surface area contributed by atoms with Crippen LogP contribution < -0.4 is 0 Å². The lowest BCUT2D eigenvalue weighted by Crippen LogP contribution is -2.47. The van der Waals surface area contributed by atoms with Crippen molar-refractivity contribution in [3.63, 3.8) is 0 Å². The second kappa shape index (κ2) is 2.96. The first kappa shape index (κ1) is 8.44. The van der Waals surface area contributed by atoms with E-state index in [4.69, 9.17) is 18.9 Å². The van der Waals surface area contributed by atoms with Crippen molar-refractivity contribution in [3.8, 4) is 0 Å². The highest BCUT2D eigenvalue weighted by Gasteiger charge is 2.44. The van der Waals surface area contributed by atoms with Gasteiger partial charge in [0.05, 0.1) is 12.7 Å². The largest absolute Gasteiger partial charge is 0.347 e. The SMILES string of the molecule is CC1COC2(COC(C)OC2)O1. The van der Waals surface area contributed by atoms with Gasteiger partial charge in [0.2, 0.25) is 5.79 Å². The van der Waals surface area contributed by atoms with Crippen molar-refractivity contribution in [2.75, 3.05) is 19.8 Å². The molecule has 2 rings (SSSR count). The molecular formula is C8H14O4. The highest BCUT2D eigenvalue weighted by atomic mass is 16.8. The van der Waals surface area contributed by atoms with Gasteiger partial charge in [0, 0.05) is 0 Å². The Morgan fingerprint density at radius 1 is 1.17 bits per heavy atom. The molecule has 0 radical (unpaired) electrons. The molecule has 2 fully saturated rings. The molecule has 4 nitrogen and oxygen atoms in total. The van der Waals surface area contributed by atoms with Crippen LogP contribution in [0.2, 0.25) is 0 Å². The van der Waals surface area contributed by atoms with Crippen molar-refractivity contribution in [1.82, 2.24) is 0 Å². The summed E-state index contributed by atoms with van der Waals surface area (Å²) in [7, 11) is 0. The fourth-order valence-corrected chi connectivity index (χ4v) is 1.43. The number of hydrogen-bond donors (Lipinski definition) is 0. The monoisotopic (exact) mass is 174 g/mol. The molecule has 0 aromatic rings. The Balaban J connectivity index is 1.95. The van der Waals surface area contributed by atoms with Crippen LogP contribution in [0.3, 0.4) is 0 Å². The third kappa shape index (κ3) is 1.47. The Bertz CT molecular complexity index is 162. The van der Waals surface area contributed by atoms with E-state index in [-0.39, 0.29) is 12.4 Å². The van der Waals surface area contributed by atoms with Crippen molar-refractivity contribution in [3.05, 3.63) is 0 Å². The van der Waals surface area contributed by atoms with Gasteiger partial charge in [-0.1, -0.05) is 0 Å². The van der Waals surface area contributed by atoms with Crippen LogP contribution >= 0.6 is 0 Å². The lowest BCUT2D eigenvalue weighted by atomic mass is 10.3. The molecule has 2 aliphatic rings. The summed E-state index contributed by atoms with van der Waals surface area (Å²) < 4.78 is 21.6. The summed E-state index contributed by atoms with van der Waals surface area (Å²) in [5.41, 5.74) is 0. The van der Waals surface area contributed by atoms with Gasteiger partial charge in [0.25, 0.3) is 0 Å². The van der Waals surface area contributed by atoms with Crippen LogP contribution in [-0.4, -0.2) is 38.0 Å². The molecule has 0 saturated carbocycles. The molecule has 0 N–H and O–H groups in total. The first-order valence-corrected chi connectivity index (χ1v) is 4.25. The molecule has 0 aromatic heterocycles. The first-order chi connectivity index (χ1) is 5.70. The van der Waals surface area contributed by atoms with E-state index in [1.165, 1.54) is 0 Å². The Labute approximate surface area is 71.7 Å². The maximum absolute atomic E-state index is 5.57. The summed E-state index contributed by atoms with van der Waals surface area (Å²) in [6.45, 7) is 5.41. The Morgan fingerprint density at radius 3 is 2.33 bits per heavy atom. The van der Waals surface area contributed by atoms with Crippen LogP contribution in [0, 0.1) is 0 Å². The molecule has 1 unspecified atom stereocenters. The molecule has 1 spiro atoms. The maximum atomic E-state index is 5.57. The van der Waals surface area contributed by atoms with Crippen molar-refractivity contribution in [2.24, 2.45) is 0 Å². The molecule has 2 heterocycles. The van der Waals surface area contributed by atoms with E-state index in [9.17, 15) is 0 Å². The highest BCUT2D eigenvalue weighted by molar-refractivity contribution is 4.79. The summed E-state index contributed by atoms with van der Waals surface area (Å²) in [6, 6.07) is 0. The van der Waals surface area contributed by atoms with Crippen LogP contribution in [-0.2, 0) is 18.9 Å². The van der Waals surface area contributed by atoms with E-state index >= 15 is 0 Å². The van der Waals surface area contributed by atoms with Crippen LogP contribution in [0.5, 0.6) is 0 Å². The van der Waals surface area contributed by atoms with Gasteiger partial charge in [-0.2, -0.15) is 0 Å². The van der Waals surface area contributed by atoms with Crippen LogP contribution in [0.4, 0.5) is 0 Å². The third-order valence-electron chi connectivity index (χ3n) is 2.07. The van der Waals surface area contributed by atoms with Crippen LogP contribution in [0.15, 0.2) is 0 Å². The fraction of sp³-hybridized carbons (Fsp3) is 1.00. The van der Waals surface area contributed by atoms with Gasteiger partial charge in [0.1, 0.15) is 13.2 Å². The van der Waals surface area contributed by atoms with E-state index in [0.717, 1.165) is 0 Å². The summed E-state index contributed by atoms with van der Waals surface area (Å²) in [6.07, 6.45) is 0.00402. The minimum Gasteiger partial charge on any atom is -0.347 e. The summed E-state index contributed by atoms with van der Waals surface area (Å²) in [5, 5.41) is 0. The van der Waals surface area contributed by atoms with Crippen molar-refractivity contribution in [2.45, 2.75) is 32.0 Å². The lowest BCUT2D eigenvalue weighted by molar-refractivity contribution is -0.314. The molecule has 2 aliphatic heterocycles. The maximum Gasteiger partial charge on any atom is 0.216 e. The molecule has 70 valence electrons. The van der Waals surface area contributed by atoms with Gasteiger partial charge in [-0.25, -0.2) is 0 Å². The Hall–Kier alpha value is -0.160. The molecule has 0 bridgehead atoms. The molecule has 0 amide bonds. The number of ether oxygens (including phenoxy) is 4. The first-order valence-electron chi connectivity index (χ1n) is 4.25. The molecule has 1 atom stereocenters. The molecule has 4 heteroatoms. The zero-order valence-electron chi connectivity index (χ0n) is 7.41. The third-order valence-corrected chi connectivity index (χ3v) is 2.07. The summed E-state index contributed by atoms with van der Waals surface area (Å²) >= 11 is 0. The summed E-state index contributed by atoms with van der Waals surface area (Å²) in [5.74, 6) is -0.619. The van der Waals surface area contributed by atoms with Crippen molar-refractivity contribution >= 4 is 0 Å². The van der Waals surface area contributed by atoms with Crippen molar-refractivity contribution in [1.29, 1.82) is 0 Å². The second-order valence-corrected chi connectivity index (χ2v) is 3.34. The van der Waals surface area contributed by atoms with Crippen molar-refractivity contribution < 1.29 is 18.9 Å². The zero-order chi connectivity index (χ0) is 8.60. The second-order valence-electron chi connectivity index (χ2n) is 3.34. The topological polar surface area (TPSA) is 36.9 Å². The standard InChI is InChI=1S/C8H14O4/c1-6-3-11-8(12-6)4-9-7(2)10-5-8/h6-7H,3-5H2,1-2H3. The van der Waals surface area contributed by atoms with Gasteiger partial charge in [-0.05, 0) is 13.8 Å². The molecule has 0 aromatic carbocycles. The predicted octanol–water partition coefficient (Wildman–Crippen LogP) is 0.511. The average molecular weight is 174 g/mol. The predicted molar refractivity (Wildman–Crippen MR) is 40.6 cm³/mol. The summed E-state index contributed by atoms with van der Waals surface area (Å²) in [4.78, 5) is 0. The zero-order valence-corrected chi connectivity index (χ0v) is 7.41. The van der Waals surface area contributed by atoms with Gasteiger partial charge in [0.15, 0.2) is 6.29 Å². The normalized spacial score (nSPS) is 48.5. The lowest BCUT2D eigenvalue weighted by Gasteiger charge is -2.34. The highest BCUT2D eigenvalue weighted by Crippen LogP contribution is 2.28. The number of rotatable bonds is 0. The van der Waals surface area contributed by atoms with Gasteiger partial charge < -0.3 is 18.9 Å². The van der Waals surface area contributed by atoms with Gasteiger partial charge >= 0.3 is 0 Å². The van der Waals surface area contributed by atoms with E-state index in [1.54, 1.807) is 0 Å².